The Kier molecular flexibility index (Phi) is 9.30. The zero-order valence-corrected chi connectivity index (χ0v) is 19.7. The van der Waals surface area contributed by atoms with Crippen LogP contribution in [0.15, 0.2) is 30.3 Å². The van der Waals surface area contributed by atoms with Gasteiger partial charge >= 0.3 is 5.97 Å². The van der Waals surface area contributed by atoms with Crippen molar-refractivity contribution in [1.82, 2.24) is 10.6 Å². The number of nitrogens with one attached hydrogen (secondary N) is 2. The number of carboxylic acids is 1. The molecule has 0 aliphatic carbocycles. The first-order valence-corrected chi connectivity index (χ1v) is 10.7. The Labute approximate surface area is 189 Å². The SMILES string of the molecule is CC[C@H](C)[C@H](NC(=O)C(=O)C(C)(C)NC(=O)Cc1ccccc1)C(=O)CC(C)(C)C(=O)O. The third-order valence-electron chi connectivity index (χ3n) is 5.47. The fraction of sp³-hybridized carbons (Fsp3) is 0.542. The van der Waals surface area contributed by atoms with E-state index in [4.69, 9.17) is 0 Å². The summed E-state index contributed by atoms with van der Waals surface area (Å²) in [7, 11) is 0. The number of carbonyl (C=O) groups is 5. The van der Waals surface area contributed by atoms with Crippen molar-refractivity contribution in [2.24, 2.45) is 11.3 Å². The highest BCUT2D eigenvalue weighted by molar-refractivity contribution is 6.40. The Balaban J connectivity index is 2.89. The number of benzene rings is 1. The van der Waals surface area contributed by atoms with Crippen molar-refractivity contribution in [2.45, 2.75) is 72.4 Å². The standard InChI is InChI=1S/C24H34N2O6/c1-7-15(2)19(17(27)14-23(3,4)22(31)32)25-21(30)20(29)24(5,6)26-18(28)13-16-11-9-8-10-12-16/h8-12,15,19H,7,13-14H2,1-6H3,(H,25,30)(H,26,28)(H,31,32)/t15-,19-/m0/s1. The fourth-order valence-electron chi connectivity index (χ4n) is 3.12. The van der Waals surface area contributed by atoms with Gasteiger partial charge in [-0.2, -0.15) is 0 Å². The molecule has 8 heteroatoms. The first-order chi connectivity index (χ1) is 14.7. The number of aliphatic carboxylic acids is 1. The summed E-state index contributed by atoms with van der Waals surface area (Å²) in [6, 6.07) is 7.97. The van der Waals surface area contributed by atoms with Crippen molar-refractivity contribution >= 4 is 29.4 Å². The van der Waals surface area contributed by atoms with E-state index in [0.29, 0.717) is 6.42 Å². The quantitative estimate of drug-likeness (QED) is 0.423. The van der Waals surface area contributed by atoms with Crippen LogP contribution in [0.2, 0.25) is 0 Å². The maximum atomic E-state index is 12.8. The van der Waals surface area contributed by atoms with Crippen LogP contribution in [0.1, 0.15) is 59.9 Å². The topological polar surface area (TPSA) is 130 Å². The number of hydrogen-bond donors (Lipinski definition) is 3. The number of hydrogen-bond acceptors (Lipinski definition) is 5. The van der Waals surface area contributed by atoms with Crippen LogP contribution in [0.4, 0.5) is 0 Å². The molecule has 0 saturated heterocycles. The third kappa shape index (κ3) is 7.59. The molecule has 176 valence electrons. The van der Waals surface area contributed by atoms with E-state index in [1.165, 1.54) is 27.7 Å². The Bertz CT molecular complexity index is 861. The molecule has 0 aliphatic rings. The van der Waals surface area contributed by atoms with Crippen LogP contribution in [0, 0.1) is 11.3 Å². The largest absolute Gasteiger partial charge is 0.481 e. The molecule has 32 heavy (non-hydrogen) atoms. The number of carboxylic acid groups (broad SMARTS) is 1. The van der Waals surface area contributed by atoms with Crippen LogP contribution < -0.4 is 10.6 Å². The summed E-state index contributed by atoms with van der Waals surface area (Å²) in [4.78, 5) is 62.0. The molecule has 0 fully saturated rings. The summed E-state index contributed by atoms with van der Waals surface area (Å²) in [6.45, 7) is 9.28. The van der Waals surface area contributed by atoms with Gasteiger partial charge in [0, 0.05) is 6.42 Å². The lowest BCUT2D eigenvalue weighted by Gasteiger charge is -2.29. The Morgan fingerprint density at radius 3 is 2.06 bits per heavy atom. The molecule has 0 unspecified atom stereocenters. The number of Topliss-reactive ketones (excluding diaryl/α,β-unsaturated/α-hetero) is 2. The molecule has 1 aromatic rings. The van der Waals surface area contributed by atoms with E-state index in [0.717, 1.165) is 5.56 Å². The van der Waals surface area contributed by atoms with Crippen LogP contribution in [-0.2, 0) is 30.4 Å². The molecule has 1 rings (SSSR count). The lowest BCUT2D eigenvalue weighted by molar-refractivity contribution is -0.150. The maximum Gasteiger partial charge on any atom is 0.309 e. The van der Waals surface area contributed by atoms with E-state index >= 15 is 0 Å². The normalized spacial score (nSPS) is 13.6. The van der Waals surface area contributed by atoms with Crippen molar-refractivity contribution in [2.75, 3.05) is 0 Å². The highest BCUT2D eigenvalue weighted by Crippen LogP contribution is 2.24. The van der Waals surface area contributed by atoms with E-state index in [9.17, 15) is 29.1 Å². The highest BCUT2D eigenvalue weighted by atomic mass is 16.4. The summed E-state index contributed by atoms with van der Waals surface area (Å²) in [5.41, 5.74) is -2.03. The number of carbonyl (C=O) groups excluding carboxylic acids is 4. The second kappa shape index (κ2) is 11.0. The minimum Gasteiger partial charge on any atom is -0.481 e. The molecular formula is C24H34N2O6. The van der Waals surface area contributed by atoms with Crippen LogP contribution in [0.3, 0.4) is 0 Å². The van der Waals surface area contributed by atoms with Crippen molar-refractivity contribution in [1.29, 1.82) is 0 Å². The van der Waals surface area contributed by atoms with Gasteiger partial charge in [-0.15, -0.1) is 0 Å². The van der Waals surface area contributed by atoms with E-state index in [1.54, 1.807) is 31.2 Å². The van der Waals surface area contributed by atoms with E-state index in [2.05, 4.69) is 10.6 Å². The third-order valence-corrected chi connectivity index (χ3v) is 5.47. The minimum absolute atomic E-state index is 0.0530. The Hall–Kier alpha value is -3.03. The van der Waals surface area contributed by atoms with Gasteiger partial charge in [-0.05, 0) is 39.2 Å². The second-order valence-electron chi connectivity index (χ2n) is 9.33. The fourth-order valence-corrected chi connectivity index (χ4v) is 3.12. The average molecular weight is 447 g/mol. The van der Waals surface area contributed by atoms with Gasteiger partial charge in [0.25, 0.3) is 5.91 Å². The molecular weight excluding hydrogens is 412 g/mol. The number of amides is 2. The maximum absolute atomic E-state index is 12.8. The van der Waals surface area contributed by atoms with Gasteiger partial charge in [0.05, 0.1) is 17.9 Å². The zero-order valence-electron chi connectivity index (χ0n) is 19.7. The molecule has 0 aromatic heterocycles. The highest BCUT2D eigenvalue weighted by Gasteiger charge is 2.39. The Morgan fingerprint density at radius 2 is 1.56 bits per heavy atom. The predicted molar refractivity (Wildman–Crippen MR) is 120 cm³/mol. The molecule has 2 atom stereocenters. The predicted octanol–water partition coefficient (Wildman–Crippen LogP) is 2.29. The van der Waals surface area contributed by atoms with Gasteiger partial charge in [-0.3, -0.25) is 24.0 Å². The van der Waals surface area contributed by atoms with Gasteiger partial charge in [0.2, 0.25) is 11.7 Å². The van der Waals surface area contributed by atoms with Crippen LogP contribution >= 0.6 is 0 Å². The van der Waals surface area contributed by atoms with Crippen LogP contribution in [0.5, 0.6) is 0 Å². The van der Waals surface area contributed by atoms with Crippen molar-refractivity contribution in [3.8, 4) is 0 Å². The molecule has 3 N–H and O–H groups in total. The summed E-state index contributed by atoms with van der Waals surface area (Å²) in [5, 5.41) is 14.3. The Morgan fingerprint density at radius 1 is 1.00 bits per heavy atom. The van der Waals surface area contributed by atoms with Gasteiger partial charge in [0.1, 0.15) is 5.54 Å². The molecule has 1 aromatic carbocycles. The number of rotatable bonds is 12. The first-order valence-electron chi connectivity index (χ1n) is 10.7. The molecule has 0 bridgehead atoms. The van der Waals surface area contributed by atoms with E-state index in [1.807, 2.05) is 13.0 Å². The van der Waals surface area contributed by atoms with Gasteiger partial charge in [-0.1, -0.05) is 50.6 Å². The van der Waals surface area contributed by atoms with Crippen LogP contribution in [0.25, 0.3) is 0 Å². The molecule has 8 nitrogen and oxygen atoms in total. The van der Waals surface area contributed by atoms with E-state index < -0.39 is 46.3 Å². The summed E-state index contributed by atoms with van der Waals surface area (Å²) < 4.78 is 0. The van der Waals surface area contributed by atoms with Crippen LogP contribution in [-0.4, -0.2) is 46.0 Å². The van der Waals surface area contributed by atoms with Crippen molar-refractivity contribution in [3.05, 3.63) is 35.9 Å². The lowest BCUT2D eigenvalue weighted by Crippen LogP contribution is -2.58. The molecule has 2 amide bonds. The number of ketones is 2. The zero-order chi connectivity index (χ0) is 24.7. The van der Waals surface area contributed by atoms with Gasteiger partial charge in [-0.25, -0.2) is 0 Å². The molecule has 0 saturated carbocycles. The smallest absolute Gasteiger partial charge is 0.309 e. The van der Waals surface area contributed by atoms with Gasteiger partial charge in [0.15, 0.2) is 5.78 Å². The van der Waals surface area contributed by atoms with Gasteiger partial charge < -0.3 is 15.7 Å². The molecule has 0 spiro atoms. The second-order valence-corrected chi connectivity index (χ2v) is 9.33. The molecule has 0 heterocycles. The summed E-state index contributed by atoms with van der Waals surface area (Å²) >= 11 is 0. The summed E-state index contributed by atoms with van der Waals surface area (Å²) in [5.74, 6) is -4.20. The lowest BCUT2D eigenvalue weighted by atomic mass is 9.82. The summed E-state index contributed by atoms with van der Waals surface area (Å²) in [6.07, 6.45) is 0.302. The minimum atomic E-state index is -1.49. The average Bonchev–Trinajstić information content (AvgIpc) is 2.70. The van der Waals surface area contributed by atoms with Crippen molar-refractivity contribution < 1.29 is 29.1 Å². The molecule has 0 aliphatic heterocycles. The van der Waals surface area contributed by atoms with E-state index in [-0.39, 0.29) is 18.8 Å². The first kappa shape index (κ1) is 27.0. The van der Waals surface area contributed by atoms with Crippen molar-refractivity contribution in [3.63, 3.8) is 0 Å². The monoisotopic (exact) mass is 446 g/mol. The molecule has 0 radical (unpaired) electrons.